The average molecular weight is 492 g/mol. The van der Waals surface area contributed by atoms with E-state index < -0.39 is 12.1 Å². The first-order chi connectivity index (χ1) is 17.5. The summed E-state index contributed by atoms with van der Waals surface area (Å²) in [4.78, 5) is 29.3. The van der Waals surface area contributed by atoms with Crippen LogP contribution in [0.2, 0.25) is 0 Å². The molecule has 2 aromatic carbocycles. The molecule has 5 rings (SSSR count). The van der Waals surface area contributed by atoms with Gasteiger partial charge in [-0.1, -0.05) is 54.6 Å². The fourth-order valence-corrected chi connectivity index (χ4v) is 6.51. The molecule has 0 unspecified atom stereocenters. The van der Waals surface area contributed by atoms with Gasteiger partial charge in [-0.2, -0.15) is 0 Å². The number of benzene rings is 2. The molecular formula is C29H37N3O4. The highest BCUT2D eigenvalue weighted by atomic mass is 16.6. The summed E-state index contributed by atoms with van der Waals surface area (Å²) in [6, 6.07) is 18.0. The number of fused-ring (bicyclic) bond motifs is 2. The van der Waals surface area contributed by atoms with Crippen LogP contribution >= 0.6 is 0 Å². The lowest BCUT2D eigenvalue weighted by molar-refractivity contribution is -0.122. The molecule has 0 bridgehead atoms. The number of carbonyl (C=O) groups is 2. The van der Waals surface area contributed by atoms with Crippen LogP contribution in [0.4, 0.5) is 4.79 Å². The highest BCUT2D eigenvalue weighted by Crippen LogP contribution is 2.51. The minimum atomic E-state index is -0.651. The second kappa shape index (κ2) is 10.6. The monoisotopic (exact) mass is 491 g/mol. The standard InChI is InChI=1S/C29H37N3O4/c1-2-36-28(35)32-16-12-22(13-17-32)31-18-14-29(15-19-31)24-11-7-6-10-23(24)26(27(29)34)30-25(33)20-21-8-4-3-5-9-21/h3-11,22,26-27,34H,2,12-20H2,1H3,(H,30,33)/t26-,27+/m1/s1. The van der Waals surface area contributed by atoms with Crippen LogP contribution in [0.3, 0.4) is 0 Å². The number of hydrogen-bond donors (Lipinski definition) is 2. The third-order valence-corrected chi connectivity index (χ3v) is 8.44. The predicted octanol–water partition coefficient (Wildman–Crippen LogP) is 3.42. The third kappa shape index (κ3) is 4.74. The van der Waals surface area contributed by atoms with Crippen molar-refractivity contribution < 1.29 is 19.4 Å². The molecule has 0 saturated carbocycles. The van der Waals surface area contributed by atoms with Gasteiger partial charge in [0, 0.05) is 24.5 Å². The quantitative estimate of drug-likeness (QED) is 0.670. The number of amides is 2. The van der Waals surface area contributed by atoms with Gasteiger partial charge in [0.2, 0.25) is 5.91 Å². The molecule has 1 spiro atoms. The second-order valence-electron chi connectivity index (χ2n) is 10.3. The molecule has 0 aromatic heterocycles. The number of hydrogen-bond acceptors (Lipinski definition) is 5. The molecule has 2 aromatic rings. The van der Waals surface area contributed by atoms with Gasteiger partial charge < -0.3 is 25.0 Å². The zero-order valence-electron chi connectivity index (χ0n) is 21.1. The first-order valence-corrected chi connectivity index (χ1v) is 13.3. The van der Waals surface area contributed by atoms with Gasteiger partial charge in [0.15, 0.2) is 0 Å². The molecule has 2 saturated heterocycles. The van der Waals surface area contributed by atoms with E-state index in [0.717, 1.165) is 63.0 Å². The zero-order chi connectivity index (χ0) is 25.1. The minimum Gasteiger partial charge on any atom is -0.450 e. The van der Waals surface area contributed by atoms with E-state index in [9.17, 15) is 14.7 Å². The van der Waals surface area contributed by atoms with E-state index in [2.05, 4.69) is 22.3 Å². The summed E-state index contributed by atoms with van der Waals surface area (Å²) in [5.41, 5.74) is 2.85. The number of likely N-dealkylation sites (tertiary alicyclic amines) is 2. The van der Waals surface area contributed by atoms with Gasteiger partial charge >= 0.3 is 6.09 Å². The molecule has 1 aliphatic carbocycles. The Morgan fingerprint density at radius 3 is 2.36 bits per heavy atom. The van der Waals surface area contributed by atoms with Gasteiger partial charge in [0.05, 0.1) is 25.2 Å². The predicted molar refractivity (Wildman–Crippen MR) is 138 cm³/mol. The largest absolute Gasteiger partial charge is 0.450 e. The van der Waals surface area contributed by atoms with Gasteiger partial charge in [0.25, 0.3) is 0 Å². The van der Waals surface area contributed by atoms with Crippen molar-refractivity contribution in [3.8, 4) is 0 Å². The number of carbonyl (C=O) groups excluding carboxylic acids is 2. The second-order valence-corrected chi connectivity index (χ2v) is 10.3. The van der Waals surface area contributed by atoms with Crippen LogP contribution < -0.4 is 5.32 Å². The van der Waals surface area contributed by atoms with E-state index in [0.29, 0.717) is 19.1 Å². The van der Waals surface area contributed by atoms with Crippen LogP contribution in [-0.4, -0.2) is 71.8 Å². The summed E-state index contributed by atoms with van der Waals surface area (Å²) in [6.07, 6.45) is 3.05. The van der Waals surface area contributed by atoms with Crippen molar-refractivity contribution in [1.29, 1.82) is 0 Å². The molecule has 2 amide bonds. The molecule has 0 radical (unpaired) electrons. The molecule has 2 aliphatic heterocycles. The maximum Gasteiger partial charge on any atom is 0.409 e. The van der Waals surface area contributed by atoms with E-state index in [-0.39, 0.29) is 17.4 Å². The molecule has 2 N–H and O–H groups in total. The van der Waals surface area contributed by atoms with Crippen LogP contribution in [0, 0.1) is 0 Å². The van der Waals surface area contributed by atoms with E-state index >= 15 is 0 Å². The average Bonchev–Trinajstić information content (AvgIpc) is 3.13. The van der Waals surface area contributed by atoms with Crippen molar-refractivity contribution in [3.63, 3.8) is 0 Å². The SMILES string of the molecule is CCOC(=O)N1CCC(N2CCC3(CC2)c2ccccc2[C@@H](NC(=O)Cc2ccccc2)[C@@H]3O)CC1. The molecule has 36 heavy (non-hydrogen) atoms. The van der Waals surface area contributed by atoms with Crippen LogP contribution in [0.15, 0.2) is 54.6 Å². The molecule has 2 fully saturated rings. The summed E-state index contributed by atoms with van der Waals surface area (Å²) in [5, 5.41) is 14.8. The number of nitrogens with one attached hydrogen (secondary N) is 1. The van der Waals surface area contributed by atoms with E-state index in [1.54, 1.807) is 0 Å². The first-order valence-electron chi connectivity index (χ1n) is 13.3. The highest BCUT2D eigenvalue weighted by Gasteiger charge is 2.53. The summed E-state index contributed by atoms with van der Waals surface area (Å²) in [6.45, 7) is 5.51. The molecule has 2 atom stereocenters. The van der Waals surface area contributed by atoms with Crippen LogP contribution in [-0.2, 0) is 21.4 Å². The Labute approximate surface area is 213 Å². The third-order valence-electron chi connectivity index (χ3n) is 8.44. The number of piperidine rings is 2. The van der Waals surface area contributed by atoms with Gasteiger partial charge in [0.1, 0.15) is 0 Å². The molecule has 2 heterocycles. The minimum absolute atomic E-state index is 0.0668. The van der Waals surface area contributed by atoms with Gasteiger partial charge in [-0.05, 0) is 62.4 Å². The van der Waals surface area contributed by atoms with Crippen LogP contribution in [0.1, 0.15) is 55.3 Å². The summed E-state index contributed by atoms with van der Waals surface area (Å²) in [7, 11) is 0. The molecule has 7 nitrogen and oxygen atoms in total. The number of rotatable bonds is 5. The lowest BCUT2D eigenvalue weighted by Crippen LogP contribution is -2.54. The summed E-state index contributed by atoms with van der Waals surface area (Å²) in [5.74, 6) is -0.0668. The number of ether oxygens (including phenoxy) is 1. The Bertz CT molecular complexity index is 1060. The van der Waals surface area contributed by atoms with Crippen molar-refractivity contribution >= 4 is 12.0 Å². The summed E-state index contributed by atoms with van der Waals surface area (Å²) >= 11 is 0. The fraction of sp³-hybridized carbons (Fsp3) is 0.517. The maximum absolute atomic E-state index is 12.9. The Kier molecular flexibility index (Phi) is 7.30. The molecular weight excluding hydrogens is 454 g/mol. The lowest BCUT2D eigenvalue weighted by Gasteiger charge is -2.46. The van der Waals surface area contributed by atoms with E-state index in [1.807, 2.05) is 54.3 Å². The molecule has 3 aliphatic rings. The fourth-order valence-electron chi connectivity index (χ4n) is 6.51. The lowest BCUT2D eigenvalue weighted by atomic mass is 9.71. The van der Waals surface area contributed by atoms with Crippen LogP contribution in [0.25, 0.3) is 0 Å². The number of nitrogens with zero attached hydrogens (tertiary/aromatic N) is 2. The van der Waals surface area contributed by atoms with Gasteiger partial charge in [-0.3, -0.25) is 4.79 Å². The maximum atomic E-state index is 12.9. The normalized spacial score (nSPS) is 23.9. The number of aliphatic hydroxyl groups is 1. The van der Waals surface area contributed by atoms with E-state index in [1.165, 1.54) is 5.56 Å². The Balaban J connectivity index is 1.24. The van der Waals surface area contributed by atoms with Crippen molar-refractivity contribution in [1.82, 2.24) is 15.1 Å². The first kappa shape index (κ1) is 24.8. The number of aliphatic hydroxyl groups excluding tert-OH is 1. The van der Waals surface area contributed by atoms with Crippen molar-refractivity contribution in [2.75, 3.05) is 32.8 Å². The highest BCUT2D eigenvalue weighted by molar-refractivity contribution is 5.79. The van der Waals surface area contributed by atoms with Crippen LogP contribution in [0.5, 0.6) is 0 Å². The Hall–Kier alpha value is -2.90. The Morgan fingerprint density at radius 2 is 1.67 bits per heavy atom. The zero-order valence-corrected chi connectivity index (χ0v) is 21.1. The van der Waals surface area contributed by atoms with Crippen molar-refractivity contribution in [2.45, 2.75) is 62.6 Å². The van der Waals surface area contributed by atoms with Gasteiger partial charge in [-0.15, -0.1) is 0 Å². The van der Waals surface area contributed by atoms with E-state index in [4.69, 9.17) is 4.74 Å². The summed E-state index contributed by atoms with van der Waals surface area (Å²) < 4.78 is 5.16. The molecule has 7 heteroatoms. The van der Waals surface area contributed by atoms with Crippen molar-refractivity contribution in [2.24, 2.45) is 0 Å². The van der Waals surface area contributed by atoms with Gasteiger partial charge in [-0.25, -0.2) is 4.79 Å². The Morgan fingerprint density at radius 1 is 1.00 bits per heavy atom. The van der Waals surface area contributed by atoms with Crippen molar-refractivity contribution in [3.05, 3.63) is 71.3 Å². The molecule has 192 valence electrons. The topological polar surface area (TPSA) is 82.1 Å². The smallest absolute Gasteiger partial charge is 0.409 e.